The van der Waals surface area contributed by atoms with Crippen molar-refractivity contribution in [3.63, 3.8) is 0 Å². The van der Waals surface area contributed by atoms with Crippen LogP contribution in [0.25, 0.3) is 0 Å². The lowest BCUT2D eigenvalue weighted by molar-refractivity contribution is 0.416. The third-order valence-electron chi connectivity index (χ3n) is 2.30. The van der Waals surface area contributed by atoms with Gasteiger partial charge < -0.3 is 0 Å². The van der Waals surface area contributed by atoms with Gasteiger partial charge in [0.15, 0.2) is 0 Å². The largest absolute Gasteiger partial charge is 0.131 e. The van der Waals surface area contributed by atoms with Crippen LogP contribution in [-0.2, 0) is 0 Å². The Bertz CT molecular complexity index is 183. The van der Waals surface area contributed by atoms with Crippen molar-refractivity contribution in [1.29, 1.82) is 0 Å². The Kier molecular flexibility index (Phi) is 4.06. The van der Waals surface area contributed by atoms with Crippen molar-refractivity contribution in [3.05, 3.63) is 0 Å². The fraction of sp³-hybridized carbons (Fsp3) is 0.818. The highest BCUT2D eigenvalue weighted by atomic mass is 28.3. The van der Waals surface area contributed by atoms with Crippen LogP contribution in [0.4, 0.5) is 0 Å². The Hall–Kier alpha value is -0.223. The lowest BCUT2D eigenvalue weighted by Crippen LogP contribution is -2.19. The summed E-state index contributed by atoms with van der Waals surface area (Å²) in [6.45, 7) is 13.6. The van der Waals surface area contributed by atoms with Crippen LogP contribution in [0.2, 0.25) is 19.6 Å². The lowest BCUT2D eigenvalue weighted by atomic mass is 9.86. The second-order valence-electron chi connectivity index (χ2n) is 4.77. The van der Waals surface area contributed by atoms with Gasteiger partial charge in [-0.1, -0.05) is 33.5 Å². The molecule has 0 aliphatic carbocycles. The van der Waals surface area contributed by atoms with Crippen molar-refractivity contribution >= 4 is 8.07 Å². The van der Waals surface area contributed by atoms with Crippen LogP contribution in [0, 0.1) is 16.9 Å². The van der Waals surface area contributed by atoms with E-state index in [0.29, 0.717) is 0 Å². The summed E-state index contributed by atoms with van der Waals surface area (Å²) in [6, 6.07) is 0. The summed E-state index contributed by atoms with van der Waals surface area (Å²) in [5, 5.41) is 0. The minimum atomic E-state index is -1.16. The first kappa shape index (κ1) is 11.8. The molecule has 0 nitrogen and oxygen atoms in total. The van der Waals surface area contributed by atoms with Crippen LogP contribution in [0.5, 0.6) is 0 Å². The molecule has 0 spiro atoms. The zero-order chi connectivity index (χ0) is 9.83. The van der Waals surface area contributed by atoms with Gasteiger partial charge in [0, 0.05) is 5.41 Å². The van der Waals surface area contributed by atoms with E-state index in [2.05, 4.69) is 51.9 Å². The first-order chi connectivity index (χ1) is 5.33. The van der Waals surface area contributed by atoms with Gasteiger partial charge in [-0.15, -0.1) is 11.5 Å². The van der Waals surface area contributed by atoms with Gasteiger partial charge in [0.2, 0.25) is 0 Å². The van der Waals surface area contributed by atoms with Crippen LogP contribution in [0.15, 0.2) is 0 Å². The van der Waals surface area contributed by atoms with Crippen LogP contribution >= 0.6 is 0 Å². The highest BCUT2D eigenvalue weighted by molar-refractivity contribution is 6.83. The molecular weight excluding hydrogens is 160 g/mol. The molecule has 0 radical (unpaired) electrons. The molecule has 0 heterocycles. The zero-order valence-electron chi connectivity index (χ0n) is 9.41. The fourth-order valence-corrected chi connectivity index (χ4v) is 1.44. The standard InChI is InChI=1S/C11H22Si/c1-7-11(3,8-2)9-10-12(4,5)6/h7-8H2,1-6H3. The van der Waals surface area contributed by atoms with Gasteiger partial charge in [0.05, 0.1) is 0 Å². The summed E-state index contributed by atoms with van der Waals surface area (Å²) in [4.78, 5) is 0. The summed E-state index contributed by atoms with van der Waals surface area (Å²) in [5.41, 5.74) is 3.72. The van der Waals surface area contributed by atoms with Gasteiger partial charge in [-0.2, -0.15) is 0 Å². The average Bonchev–Trinajstić information content (AvgIpc) is 1.99. The number of rotatable bonds is 2. The Morgan fingerprint density at radius 2 is 1.50 bits per heavy atom. The minimum absolute atomic E-state index is 0.264. The molecule has 0 unspecified atom stereocenters. The van der Waals surface area contributed by atoms with Gasteiger partial charge in [0.1, 0.15) is 8.07 Å². The van der Waals surface area contributed by atoms with Crippen LogP contribution in [0.1, 0.15) is 33.6 Å². The van der Waals surface area contributed by atoms with E-state index in [4.69, 9.17) is 0 Å². The molecule has 0 aromatic carbocycles. The normalized spacial score (nSPS) is 12.2. The number of hydrogen-bond acceptors (Lipinski definition) is 0. The SMILES string of the molecule is CCC(C)(C#C[Si](C)(C)C)CC. The predicted molar refractivity (Wildman–Crippen MR) is 59.8 cm³/mol. The van der Waals surface area contributed by atoms with E-state index < -0.39 is 8.07 Å². The third kappa shape index (κ3) is 4.61. The molecule has 0 aromatic rings. The summed E-state index contributed by atoms with van der Waals surface area (Å²) in [5.74, 6) is 3.45. The Balaban J connectivity index is 4.46. The van der Waals surface area contributed by atoms with E-state index in [1.54, 1.807) is 0 Å². The van der Waals surface area contributed by atoms with E-state index in [0.717, 1.165) is 0 Å². The Morgan fingerprint density at radius 1 is 1.08 bits per heavy atom. The lowest BCUT2D eigenvalue weighted by Gasteiger charge is -2.19. The Labute approximate surface area is 78.8 Å². The molecule has 0 fully saturated rings. The molecule has 0 N–H and O–H groups in total. The van der Waals surface area contributed by atoms with Gasteiger partial charge in [-0.25, -0.2) is 0 Å². The van der Waals surface area contributed by atoms with Crippen molar-refractivity contribution in [1.82, 2.24) is 0 Å². The second-order valence-corrected chi connectivity index (χ2v) is 9.52. The molecule has 0 saturated heterocycles. The van der Waals surface area contributed by atoms with Gasteiger partial charge >= 0.3 is 0 Å². The van der Waals surface area contributed by atoms with Gasteiger partial charge in [-0.3, -0.25) is 0 Å². The predicted octanol–water partition coefficient (Wildman–Crippen LogP) is 3.69. The van der Waals surface area contributed by atoms with Gasteiger partial charge in [-0.05, 0) is 19.8 Å². The Morgan fingerprint density at radius 3 is 1.75 bits per heavy atom. The summed E-state index contributed by atoms with van der Waals surface area (Å²) in [6.07, 6.45) is 2.34. The first-order valence-electron chi connectivity index (χ1n) is 4.87. The van der Waals surface area contributed by atoms with E-state index in [1.165, 1.54) is 12.8 Å². The second kappa shape index (κ2) is 4.14. The van der Waals surface area contributed by atoms with Crippen molar-refractivity contribution in [2.75, 3.05) is 0 Å². The molecule has 12 heavy (non-hydrogen) atoms. The molecule has 0 aliphatic rings. The van der Waals surface area contributed by atoms with E-state index >= 15 is 0 Å². The third-order valence-corrected chi connectivity index (χ3v) is 3.17. The molecule has 0 bridgehead atoms. The van der Waals surface area contributed by atoms with Crippen molar-refractivity contribution in [2.45, 2.75) is 53.3 Å². The van der Waals surface area contributed by atoms with E-state index in [1.807, 2.05) is 0 Å². The molecule has 0 aromatic heterocycles. The molecule has 1 heteroatoms. The van der Waals surface area contributed by atoms with E-state index in [-0.39, 0.29) is 5.41 Å². The van der Waals surface area contributed by atoms with Crippen molar-refractivity contribution in [2.24, 2.45) is 5.41 Å². The summed E-state index contributed by atoms with van der Waals surface area (Å²) < 4.78 is 0. The highest BCUT2D eigenvalue weighted by Crippen LogP contribution is 2.23. The highest BCUT2D eigenvalue weighted by Gasteiger charge is 2.17. The molecule has 0 aliphatic heterocycles. The maximum atomic E-state index is 3.45. The molecule has 70 valence electrons. The number of hydrogen-bond donors (Lipinski definition) is 0. The molecule has 0 saturated carbocycles. The summed E-state index contributed by atoms with van der Waals surface area (Å²) in [7, 11) is -1.16. The van der Waals surface area contributed by atoms with Crippen molar-refractivity contribution in [3.8, 4) is 11.5 Å². The molecule has 0 atom stereocenters. The van der Waals surface area contributed by atoms with Crippen molar-refractivity contribution < 1.29 is 0 Å². The minimum Gasteiger partial charge on any atom is -0.131 e. The van der Waals surface area contributed by atoms with Gasteiger partial charge in [0.25, 0.3) is 0 Å². The summed E-state index contributed by atoms with van der Waals surface area (Å²) >= 11 is 0. The van der Waals surface area contributed by atoms with Crippen LogP contribution in [0.3, 0.4) is 0 Å². The van der Waals surface area contributed by atoms with Crippen LogP contribution in [-0.4, -0.2) is 8.07 Å². The smallest absolute Gasteiger partial charge is 0.129 e. The monoisotopic (exact) mass is 182 g/mol. The topological polar surface area (TPSA) is 0 Å². The molecule has 0 rings (SSSR count). The zero-order valence-corrected chi connectivity index (χ0v) is 10.4. The average molecular weight is 182 g/mol. The first-order valence-corrected chi connectivity index (χ1v) is 8.37. The van der Waals surface area contributed by atoms with Crippen LogP contribution < -0.4 is 0 Å². The fourth-order valence-electron chi connectivity index (χ4n) is 0.765. The maximum absolute atomic E-state index is 3.45. The molecular formula is C11H22Si. The molecule has 0 amide bonds. The van der Waals surface area contributed by atoms with E-state index in [9.17, 15) is 0 Å². The quantitative estimate of drug-likeness (QED) is 0.451. The maximum Gasteiger partial charge on any atom is 0.129 e.